The minimum atomic E-state index is -0.720. The average Bonchev–Trinajstić information content (AvgIpc) is 3.36. The predicted molar refractivity (Wildman–Crippen MR) is 298 cm³/mol. The molecule has 0 bridgehead atoms. The number of nitrogens with two attached hydrogens (primary N) is 1. The van der Waals surface area contributed by atoms with Crippen molar-refractivity contribution in [2.45, 2.75) is 65.5 Å². The van der Waals surface area contributed by atoms with Crippen LogP contribution < -0.4 is 20.9 Å². The van der Waals surface area contributed by atoms with Gasteiger partial charge in [0.25, 0.3) is 0 Å². The average molecular weight is 1130 g/mol. The molecule has 4 atom stereocenters. The van der Waals surface area contributed by atoms with Crippen LogP contribution in [0.15, 0.2) is 49.1 Å². The Labute approximate surface area is 461 Å². The second-order valence-electron chi connectivity index (χ2n) is 21.1. The summed E-state index contributed by atoms with van der Waals surface area (Å²) in [6, 6.07) is 12.1. The van der Waals surface area contributed by atoms with Crippen molar-refractivity contribution < 1.29 is 38.9 Å². The van der Waals surface area contributed by atoms with E-state index in [1.807, 2.05) is 28.0 Å². The second-order valence-corrected chi connectivity index (χ2v) is 21.6. The van der Waals surface area contributed by atoms with Crippen LogP contribution in [0.3, 0.4) is 0 Å². The minimum Gasteiger partial charge on any atom is -0.480 e. The Balaban J connectivity index is 0.000000192. The fourth-order valence-electron chi connectivity index (χ4n) is 10.1. The number of ketones is 1. The molecule has 0 saturated carbocycles. The monoisotopic (exact) mass is 1130 g/mol. The van der Waals surface area contributed by atoms with E-state index in [9.17, 15) is 29.5 Å². The number of benzene rings is 2. The van der Waals surface area contributed by atoms with E-state index in [-0.39, 0.29) is 41.7 Å². The highest BCUT2D eigenvalue weighted by Gasteiger charge is 2.31. The van der Waals surface area contributed by atoms with Gasteiger partial charge in [-0.15, -0.1) is 0 Å². The number of carbonyl (C=O) groups is 4. The Hall–Kier alpha value is -5.98. The summed E-state index contributed by atoms with van der Waals surface area (Å²) in [6.45, 7) is 21.0. The number of nitrogens with zero attached hydrogens (tertiary/aromatic N) is 11. The molecule has 6 aliphatic heterocycles. The molecule has 0 spiro atoms. The van der Waals surface area contributed by atoms with E-state index < -0.39 is 5.97 Å². The number of fused-ring (bicyclic) bond motifs is 2. The quantitative estimate of drug-likeness (QED) is 0.122. The Morgan fingerprint density at radius 3 is 1.48 bits per heavy atom. The summed E-state index contributed by atoms with van der Waals surface area (Å²) >= 11 is 2.90. The first kappa shape index (κ1) is 61.9. The number of rotatable bonds is 11. The van der Waals surface area contributed by atoms with Gasteiger partial charge in [0, 0.05) is 103 Å². The van der Waals surface area contributed by atoms with E-state index in [2.05, 4.69) is 105 Å². The molecule has 0 radical (unpaired) electrons. The molecule has 8 heterocycles. The molecule has 2 aromatic heterocycles. The summed E-state index contributed by atoms with van der Waals surface area (Å²) in [4.78, 5) is 71.2. The summed E-state index contributed by atoms with van der Waals surface area (Å²) in [5.74, 6) is 1.93. The highest BCUT2D eigenvalue weighted by Crippen LogP contribution is 2.33. The summed E-state index contributed by atoms with van der Waals surface area (Å²) < 4.78 is 8.72. The third kappa shape index (κ3) is 19.8. The van der Waals surface area contributed by atoms with Crippen molar-refractivity contribution in [3.05, 3.63) is 60.2 Å². The van der Waals surface area contributed by atoms with Crippen LogP contribution in [0, 0.1) is 52.3 Å². The molecule has 0 unspecified atom stereocenters. The number of β-amino-alcohol motifs (C(OH)–C–C–N with tert-alkyl or cyclic N) is 1. The lowest BCUT2D eigenvalue weighted by Crippen LogP contribution is -2.52. The number of anilines is 2. The standard InChI is InChI=1S/C21H25N5O2.C15H17N5.C7H13NO2.C6H11NO2.C3H5BrO2.C3H7N/c1-14-6-15(7-17(27)11-25-12-18(28)13-25)10-26(9-14)19-3-2-16(8-22)20-21(19)24-5-4-23-20;1-10-6-12(17)9-20(8-10)13-3-2-11(7-16)14-15(13)19-5-4-18-14;1-6-3-8(4-6)5-7(9)10-2;1-5-2-7(3-5)4-6(8)9;1-6-3(5)2-4;1-2-4-3-1/h2-5,14-15,18,28H,6-7,9-13H2,1H3;2-5,10,12H,6,8-9,17H2,1H3;6H,3-5H2,1-2H3;5H,2-4H2,1H3,(H,8,9);2H2,1H3;4H,1-3H2/t14-,15-;10-,12+;;;;/m00..../s1. The molecular formula is C55H78BrN13O8. The Morgan fingerprint density at radius 2 is 1.09 bits per heavy atom. The maximum Gasteiger partial charge on any atom is 0.319 e. The maximum atomic E-state index is 12.5. The number of likely N-dealkylation sites (tertiary alicyclic amines) is 3. The zero-order valence-corrected chi connectivity index (χ0v) is 47.1. The Kier molecular flexibility index (Phi) is 25.3. The van der Waals surface area contributed by atoms with Gasteiger partial charge in [-0.1, -0.05) is 43.6 Å². The van der Waals surface area contributed by atoms with Gasteiger partial charge in [0.05, 0.1) is 62.5 Å². The van der Waals surface area contributed by atoms with Crippen LogP contribution >= 0.6 is 15.9 Å². The van der Waals surface area contributed by atoms with E-state index in [0.29, 0.717) is 78.4 Å². The lowest BCUT2D eigenvalue weighted by molar-refractivity contribution is -0.143. The summed E-state index contributed by atoms with van der Waals surface area (Å²) in [6.07, 6.45) is 10.3. The number of methoxy groups -OCH3 is 2. The molecule has 4 aromatic rings. The number of aromatic nitrogens is 4. The number of esters is 2. The number of carbonyl (C=O) groups excluding carboxylic acids is 3. The fraction of sp³-hybridized carbons (Fsp3) is 0.600. The molecule has 22 heteroatoms. The molecule has 6 aliphatic rings. The first-order chi connectivity index (χ1) is 36.9. The van der Waals surface area contributed by atoms with E-state index in [0.717, 1.165) is 93.5 Å². The molecule has 5 N–H and O–H groups in total. The van der Waals surface area contributed by atoms with Crippen LogP contribution in [-0.4, -0.2) is 198 Å². The summed E-state index contributed by atoms with van der Waals surface area (Å²) in [7, 11) is 2.77. The number of aliphatic carboxylic acids is 1. The number of aliphatic hydroxyl groups is 1. The lowest BCUT2D eigenvalue weighted by atomic mass is 9.86. The smallest absolute Gasteiger partial charge is 0.319 e. The van der Waals surface area contributed by atoms with Crippen molar-refractivity contribution in [1.82, 2.24) is 40.0 Å². The topological polar surface area (TPSA) is 281 Å². The number of nitrogens with one attached hydrogen (secondary N) is 1. The van der Waals surface area contributed by atoms with Gasteiger partial charge < -0.3 is 40.5 Å². The SMILES string of the molecule is C1CNC1.CC1CN(CC(=O)O)C1.COC(=O)CBr.COC(=O)CN1CC(C)C1.C[C@H]1C[C@@H](CC(=O)CN2CC(O)C2)CN(c2ccc(C#N)c3nccnc23)C1.C[C@H]1C[C@@H](N)CN(c2ccc(C#N)c3nccnc23)C1. The zero-order chi connectivity index (χ0) is 56.0. The number of nitriles is 2. The van der Waals surface area contributed by atoms with Crippen LogP contribution in [0.5, 0.6) is 0 Å². The fourth-order valence-corrected chi connectivity index (χ4v) is 10.3. The van der Waals surface area contributed by atoms with Crippen molar-refractivity contribution in [3.63, 3.8) is 0 Å². The molecule has 418 valence electrons. The largest absolute Gasteiger partial charge is 0.480 e. The van der Waals surface area contributed by atoms with Crippen molar-refractivity contribution >= 4 is 73.1 Å². The van der Waals surface area contributed by atoms with Crippen molar-refractivity contribution in [3.8, 4) is 12.1 Å². The van der Waals surface area contributed by atoms with E-state index in [1.165, 1.54) is 33.7 Å². The number of Topliss-reactive ketones (excluding diaryl/α,β-unsaturated/α-hetero) is 1. The van der Waals surface area contributed by atoms with Gasteiger partial charge in [-0.25, -0.2) is 0 Å². The van der Waals surface area contributed by atoms with E-state index in [4.69, 9.17) is 16.1 Å². The molecule has 0 aliphatic carbocycles. The molecule has 77 heavy (non-hydrogen) atoms. The van der Waals surface area contributed by atoms with Gasteiger partial charge in [0.1, 0.15) is 45.3 Å². The number of carboxylic acid groups (broad SMARTS) is 1. The molecule has 10 rings (SSSR count). The number of hydrogen-bond acceptors (Lipinski definition) is 20. The van der Waals surface area contributed by atoms with Crippen molar-refractivity contribution in [1.29, 1.82) is 10.5 Å². The van der Waals surface area contributed by atoms with E-state index >= 15 is 0 Å². The predicted octanol–water partition coefficient (Wildman–Crippen LogP) is 3.94. The first-order valence-corrected chi connectivity index (χ1v) is 27.6. The van der Waals surface area contributed by atoms with Gasteiger partial charge >= 0.3 is 17.9 Å². The molecule has 6 fully saturated rings. The number of aliphatic hydroxyl groups excluding tert-OH is 1. The third-order valence-electron chi connectivity index (χ3n) is 13.7. The van der Waals surface area contributed by atoms with Crippen LogP contribution in [0.4, 0.5) is 11.4 Å². The lowest BCUT2D eigenvalue weighted by Gasteiger charge is -2.39. The molecule has 6 saturated heterocycles. The third-order valence-corrected chi connectivity index (χ3v) is 14.1. The van der Waals surface area contributed by atoms with Gasteiger partial charge in [-0.05, 0) is 86.2 Å². The molecular weight excluding hydrogens is 1050 g/mol. The Bertz CT molecular complexity index is 2610. The van der Waals surface area contributed by atoms with Crippen molar-refractivity contribution in [2.24, 2.45) is 35.3 Å². The molecule has 0 amide bonds. The number of ether oxygens (including phenoxy) is 2. The number of piperidine rings is 2. The molecule has 2 aromatic carbocycles. The van der Waals surface area contributed by atoms with Gasteiger partial charge in [0.2, 0.25) is 0 Å². The van der Waals surface area contributed by atoms with Gasteiger partial charge in [0.15, 0.2) is 0 Å². The zero-order valence-electron chi connectivity index (χ0n) is 45.5. The number of halogens is 1. The van der Waals surface area contributed by atoms with Crippen LogP contribution in [0.25, 0.3) is 22.1 Å². The molecule has 21 nitrogen and oxygen atoms in total. The van der Waals surface area contributed by atoms with Gasteiger partial charge in [-0.2, -0.15) is 10.5 Å². The van der Waals surface area contributed by atoms with Crippen molar-refractivity contribution in [2.75, 3.05) is 128 Å². The first-order valence-electron chi connectivity index (χ1n) is 26.5. The normalized spacial score (nSPS) is 21.4. The highest BCUT2D eigenvalue weighted by molar-refractivity contribution is 9.09. The maximum absolute atomic E-state index is 12.5. The van der Waals surface area contributed by atoms with Crippen LogP contribution in [0.1, 0.15) is 64.5 Å². The number of carboxylic acids is 1. The minimum absolute atomic E-state index is 0.132. The number of hydrogen-bond donors (Lipinski definition) is 4. The van der Waals surface area contributed by atoms with E-state index in [1.54, 1.807) is 30.9 Å². The van der Waals surface area contributed by atoms with Crippen LogP contribution in [0.2, 0.25) is 0 Å². The Morgan fingerprint density at radius 1 is 0.649 bits per heavy atom. The summed E-state index contributed by atoms with van der Waals surface area (Å²) in [5.41, 5.74) is 12.0. The van der Waals surface area contributed by atoms with Crippen LogP contribution in [-0.2, 0) is 28.7 Å². The van der Waals surface area contributed by atoms with Gasteiger partial charge in [-0.3, -0.25) is 53.8 Å². The number of alkyl halides is 1. The second kappa shape index (κ2) is 31.4. The summed E-state index contributed by atoms with van der Waals surface area (Å²) in [5, 5.41) is 39.6. The highest BCUT2D eigenvalue weighted by atomic mass is 79.9.